The van der Waals surface area contributed by atoms with Gasteiger partial charge in [-0.05, 0) is 83.6 Å². The van der Waals surface area contributed by atoms with E-state index < -0.39 is 47.1 Å². The number of hydrogen-bond acceptors (Lipinski definition) is 6. The molecule has 0 saturated heterocycles. The zero-order chi connectivity index (χ0) is 35.9. The van der Waals surface area contributed by atoms with Crippen LogP contribution in [0, 0.1) is 29.4 Å². The van der Waals surface area contributed by atoms with Crippen LogP contribution in [0.2, 0.25) is 0 Å². The SMILES string of the molecule is COc1ccc(-c2cc(-c3nn[nH]n3)ccc2F)cc1C(=O)N[C@@H]1C2CCC(/C2=C/c2ccccc2)[C@@H]1C(=O)Nc1ccc(F)c(C(F)(F)F)c1. The number of tetrazole rings is 1. The Morgan fingerprint density at radius 3 is 2.37 bits per heavy atom. The Morgan fingerprint density at radius 1 is 0.902 bits per heavy atom. The molecule has 2 unspecified atom stereocenters. The average Bonchev–Trinajstić information content (AvgIpc) is 3.86. The third-order valence-corrected chi connectivity index (χ3v) is 9.50. The molecule has 1 heterocycles. The third-order valence-electron chi connectivity index (χ3n) is 9.50. The summed E-state index contributed by atoms with van der Waals surface area (Å²) >= 11 is 0. The standard InChI is InChI=1S/C37H29F5N6O3/c1-51-31-14-8-20(25-17-21(7-12-29(25)38)34-45-47-48-46-34)16-27(31)35(49)44-33-24-11-10-23(26(24)15-19-5-3-2-4-6-19)32(33)36(50)43-22-9-13-30(39)28(18-22)37(40,41)42/h2-9,12-18,23-24,32-33H,10-11H2,1H3,(H,43,50)(H,44,49)(H,45,46,47,48)/b26-15-/t23?,24?,32-,33+/m0/s1. The van der Waals surface area contributed by atoms with Crippen LogP contribution in [0.1, 0.15) is 34.3 Å². The van der Waals surface area contributed by atoms with E-state index in [0.717, 1.165) is 17.2 Å². The van der Waals surface area contributed by atoms with Crippen molar-refractivity contribution in [3.05, 3.63) is 119 Å². The minimum atomic E-state index is -4.97. The van der Waals surface area contributed by atoms with Crippen LogP contribution in [0.4, 0.5) is 27.6 Å². The second-order valence-corrected chi connectivity index (χ2v) is 12.4. The molecule has 0 spiro atoms. The lowest BCUT2D eigenvalue weighted by Crippen LogP contribution is -2.48. The number of fused-ring (bicyclic) bond motifs is 2. The van der Waals surface area contributed by atoms with E-state index in [1.165, 1.54) is 37.4 Å². The number of ether oxygens (including phenoxy) is 1. The lowest BCUT2D eigenvalue weighted by Gasteiger charge is -2.30. The van der Waals surface area contributed by atoms with Crippen molar-refractivity contribution in [3.63, 3.8) is 0 Å². The number of carbonyl (C=O) groups is 2. The molecule has 4 atom stereocenters. The normalized spacial score (nSPS) is 20.4. The van der Waals surface area contributed by atoms with Crippen LogP contribution in [0.3, 0.4) is 0 Å². The number of alkyl halides is 3. The Kier molecular flexibility index (Phi) is 8.83. The monoisotopic (exact) mass is 700 g/mol. The number of methoxy groups -OCH3 is 1. The van der Waals surface area contributed by atoms with Gasteiger partial charge in [0.15, 0.2) is 0 Å². The van der Waals surface area contributed by atoms with Crippen molar-refractivity contribution < 1.29 is 36.3 Å². The second-order valence-electron chi connectivity index (χ2n) is 12.4. The fourth-order valence-corrected chi connectivity index (χ4v) is 7.23. The highest BCUT2D eigenvalue weighted by atomic mass is 19.4. The molecular formula is C37H29F5N6O3. The molecule has 2 aliphatic carbocycles. The van der Waals surface area contributed by atoms with Gasteiger partial charge in [0.05, 0.1) is 24.2 Å². The molecule has 3 N–H and O–H groups in total. The number of hydrogen-bond donors (Lipinski definition) is 3. The molecule has 1 aromatic heterocycles. The summed E-state index contributed by atoms with van der Waals surface area (Å²) in [4.78, 5) is 28.1. The number of nitrogens with one attached hydrogen (secondary N) is 3. The average molecular weight is 701 g/mol. The van der Waals surface area contributed by atoms with Gasteiger partial charge < -0.3 is 15.4 Å². The molecule has 7 rings (SSSR count). The summed E-state index contributed by atoms with van der Waals surface area (Å²) in [6, 6.07) is 19.8. The quantitative estimate of drug-likeness (QED) is 0.146. The zero-order valence-electron chi connectivity index (χ0n) is 26.8. The number of anilines is 1. The molecule has 9 nitrogen and oxygen atoms in total. The first-order chi connectivity index (χ1) is 24.5. The summed E-state index contributed by atoms with van der Waals surface area (Å²) < 4.78 is 75.1. The van der Waals surface area contributed by atoms with Gasteiger partial charge in [-0.1, -0.05) is 48.0 Å². The molecule has 2 amide bonds. The molecule has 2 saturated carbocycles. The van der Waals surface area contributed by atoms with E-state index in [1.54, 1.807) is 6.07 Å². The second kappa shape index (κ2) is 13.4. The van der Waals surface area contributed by atoms with Gasteiger partial charge in [-0.2, -0.15) is 18.4 Å². The maximum absolute atomic E-state index is 15.2. The van der Waals surface area contributed by atoms with Crippen LogP contribution in [0.25, 0.3) is 28.6 Å². The Morgan fingerprint density at radius 2 is 1.65 bits per heavy atom. The topological polar surface area (TPSA) is 122 Å². The number of carbonyl (C=O) groups excluding carboxylic acids is 2. The van der Waals surface area contributed by atoms with Crippen LogP contribution in [0.5, 0.6) is 5.75 Å². The Labute approximate surface area is 287 Å². The summed E-state index contributed by atoms with van der Waals surface area (Å²) in [5.41, 5.74) is 1.17. The van der Waals surface area contributed by atoms with Gasteiger partial charge in [0.1, 0.15) is 17.4 Å². The van der Waals surface area contributed by atoms with Crippen molar-refractivity contribution in [2.75, 3.05) is 12.4 Å². The molecule has 14 heteroatoms. The smallest absolute Gasteiger partial charge is 0.419 e. The predicted molar refractivity (Wildman–Crippen MR) is 177 cm³/mol. The summed E-state index contributed by atoms with van der Waals surface area (Å²) in [5, 5.41) is 19.3. The maximum atomic E-state index is 15.2. The first-order valence-corrected chi connectivity index (χ1v) is 16.0. The van der Waals surface area contributed by atoms with Crippen LogP contribution >= 0.6 is 0 Å². The van der Waals surface area contributed by atoms with Crippen molar-refractivity contribution in [2.45, 2.75) is 25.1 Å². The number of benzene rings is 4. The van der Waals surface area contributed by atoms with E-state index in [0.29, 0.717) is 36.1 Å². The van der Waals surface area contributed by atoms with Crippen molar-refractivity contribution in [3.8, 4) is 28.3 Å². The molecule has 5 aromatic rings. The summed E-state index contributed by atoms with van der Waals surface area (Å²) in [5.74, 6) is -4.28. The van der Waals surface area contributed by atoms with E-state index >= 15 is 4.39 Å². The lowest BCUT2D eigenvalue weighted by molar-refractivity contribution is -0.140. The number of H-pyrrole nitrogens is 1. The minimum absolute atomic E-state index is 0.0724. The van der Waals surface area contributed by atoms with Gasteiger partial charge in [-0.25, -0.2) is 8.78 Å². The van der Waals surface area contributed by atoms with Crippen LogP contribution in [-0.2, 0) is 11.0 Å². The van der Waals surface area contributed by atoms with E-state index in [4.69, 9.17) is 4.74 Å². The molecule has 0 aliphatic heterocycles. The van der Waals surface area contributed by atoms with Gasteiger partial charge >= 0.3 is 6.18 Å². The van der Waals surface area contributed by atoms with Crippen LogP contribution < -0.4 is 15.4 Å². The predicted octanol–water partition coefficient (Wildman–Crippen LogP) is 7.32. The molecule has 2 aliphatic rings. The molecule has 2 bridgehead atoms. The lowest BCUT2D eigenvalue weighted by atomic mass is 9.83. The first kappa shape index (κ1) is 33.6. The van der Waals surface area contributed by atoms with Crippen molar-refractivity contribution >= 4 is 23.6 Å². The molecule has 260 valence electrons. The number of rotatable bonds is 8. The Bertz CT molecular complexity index is 2140. The largest absolute Gasteiger partial charge is 0.496 e. The summed E-state index contributed by atoms with van der Waals surface area (Å²) in [6.45, 7) is 0. The fourth-order valence-electron chi connectivity index (χ4n) is 7.23. The summed E-state index contributed by atoms with van der Waals surface area (Å²) in [6.07, 6.45) is -1.72. The molecule has 4 aromatic carbocycles. The highest BCUT2D eigenvalue weighted by Crippen LogP contribution is 2.53. The van der Waals surface area contributed by atoms with E-state index in [-0.39, 0.29) is 40.2 Å². The zero-order valence-corrected chi connectivity index (χ0v) is 26.8. The minimum Gasteiger partial charge on any atom is -0.496 e. The van der Waals surface area contributed by atoms with Crippen LogP contribution in [-0.4, -0.2) is 45.6 Å². The van der Waals surface area contributed by atoms with Crippen molar-refractivity contribution in [2.24, 2.45) is 17.8 Å². The van der Waals surface area contributed by atoms with E-state index in [2.05, 4.69) is 31.3 Å². The fraction of sp³-hybridized carbons (Fsp3) is 0.216. The molecule has 0 radical (unpaired) electrons. The number of amides is 2. The molecule has 2 fully saturated rings. The highest BCUT2D eigenvalue weighted by molar-refractivity contribution is 6.00. The Balaban J connectivity index is 1.23. The van der Waals surface area contributed by atoms with Crippen LogP contribution in [0.15, 0.2) is 90.5 Å². The number of aromatic nitrogens is 4. The molecular weight excluding hydrogens is 671 g/mol. The number of nitrogens with zero attached hydrogens (tertiary/aromatic N) is 3. The van der Waals surface area contributed by atoms with Crippen molar-refractivity contribution in [1.82, 2.24) is 25.9 Å². The van der Waals surface area contributed by atoms with Gasteiger partial charge in [-0.3, -0.25) is 9.59 Å². The van der Waals surface area contributed by atoms with Gasteiger partial charge in [0, 0.05) is 28.8 Å². The van der Waals surface area contributed by atoms with E-state index in [9.17, 15) is 27.2 Å². The molecule has 51 heavy (non-hydrogen) atoms. The number of halogens is 5. The van der Waals surface area contributed by atoms with E-state index in [1.807, 2.05) is 36.4 Å². The number of aromatic amines is 1. The maximum Gasteiger partial charge on any atom is 0.419 e. The van der Waals surface area contributed by atoms with Gasteiger partial charge in [-0.15, -0.1) is 10.2 Å². The summed E-state index contributed by atoms with van der Waals surface area (Å²) in [7, 11) is 1.38. The highest BCUT2D eigenvalue weighted by Gasteiger charge is 2.54. The Hall–Kier alpha value is -5.92. The third kappa shape index (κ3) is 6.56. The van der Waals surface area contributed by atoms with Gasteiger partial charge in [0.25, 0.3) is 5.91 Å². The van der Waals surface area contributed by atoms with Crippen molar-refractivity contribution in [1.29, 1.82) is 0 Å². The van der Waals surface area contributed by atoms with Gasteiger partial charge in [0.2, 0.25) is 11.7 Å². The first-order valence-electron chi connectivity index (χ1n) is 16.0.